The van der Waals surface area contributed by atoms with Crippen LogP contribution in [0.2, 0.25) is 0 Å². The van der Waals surface area contributed by atoms with Crippen LogP contribution in [0.1, 0.15) is 38.1 Å². The molecule has 0 saturated carbocycles. The second-order valence-corrected chi connectivity index (χ2v) is 5.96. The Kier molecular flexibility index (Phi) is 4.65. The summed E-state index contributed by atoms with van der Waals surface area (Å²) in [6.45, 7) is 9.41. The molecular formula is C14H24N4O2. The van der Waals surface area contributed by atoms with Crippen molar-refractivity contribution in [3.63, 3.8) is 0 Å². The third-order valence-corrected chi connectivity index (χ3v) is 3.41. The lowest BCUT2D eigenvalue weighted by Gasteiger charge is -2.38. The molecule has 1 aromatic heterocycles. The van der Waals surface area contributed by atoms with E-state index >= 15 is 0 Å². The van der Waals surface area contributed by atoms with Gasteiger partial charge in [-0.25, -0.2) is 0 Å². The molecule has 1 aromatic rings. The van der Waals surface area contributed by atoms with Gasteiger partial charge in [0.2, 0.25) is 0 Å². The lowest BCUT2D eigenvalue weighted by atomic mass is 9.89. The predicted octanol–water partition coefficient (Wildman–Crippen LogP) is 1.50. The Labute approximate surface area is 120 Å². The number of hydrogen-bond donors (Lipinski definition) is 2. The van der Waals surface area contributed by atoms with E-state index < -0.39 is 0 Å². The first-order valence-electron chi connectivity index (χ1n) is 7.00. The van der Waals surface area contributed by atoms with Gasteiger partial charge in [0.1, 0.15) is 0 Å². The molecule has 0 radical (unpaired) electrons. The van der Waals surface area contributed by atoms with Crippen LogP contribution in [-0.4, -0.2) is 37.9 Å². The zero-order valence-corrected chi connectivity index (χ0v) is 12.7. The van der Waals surface area contributed by atoms with Crippen molar-refractivity contribution in [1.29, 1.82) is 0 Å². The predicted molar refractivity (Wildman–Crippen MR) is 77.7 cm³/mol. The number of aromatic nitrogens is 1. The molecule has 0 aromatic carbocycles. The molecule has 20 heavy (non-hydrogen) atoms. The summed E-state index contributed by atoms with van der Waals surface area (Å²) in [5.74, 6) is 1.96. The maximum atomic E-state index is 5.28. The summed E-state index contributed by atoms with van der Waals surface area (Å²) in [4.78, 5) is 4.20. The Morgan fingerprint density at radius 1 is 1.45 bits per heavy atom. The molecule has 0 atom stereocenters. The molecule has 0 spiro atoms. The van der Waals surface area contributed by atoms with E-state index in [9.17, 15) is 0 Å². The Morgan fingerprint density at radius 3 is 2.70 bits per heavy atom. The van der Waals surface area contributed by atoms with Crippen LogP contribution in [0.25, 0.3) is 0 Å². The highest BCUT2D eigenvalue weighted by Crippen LogP contribution is 2.24. The van der Waals surface area contributed by atoms with Gasteiger partial charge in [-0.05, 0) is 5.92 Å². The van der Waals surface area contributed by atoms with Gasteiger partial charge in [-0.3, -0.25) is 4.99 Å². The number of aliphatic imine (C=N–C) groups is 1. The van der Waals surface area contributed by atoms with Gasteiger partial charge in [0.15, 0.2) is 11.7 Å². The fraction of sp³-hybridized carbons (Fsp3) is 0.714. The van der Waals surface area contributed by atoms with E-state index in [1.54, 1.807) is 7.05 Å². The summed E-state index contributed by atoms with van der Waals surface area (Å²) < 4.78 is 10.5. The molecule has 1 saturated heterocycles. The van der Waals surface area contributed by atoms with Gasteiger partial charge in [0, 0.05) is 25.1 Å². The second kappa shape index (κ2) is 6.26. The standard InChI is InChI=1S/C14H24N4O2/c1-10(2)12-5-11(20-18-12)6-16-13(15-4)17-7-14(3)8-19-9-14/h5,10H,6-9H2,1-4H3,(H2,15,16,17). The van der Waals surface area contributed by atoms with Crippen molar-refractivity contribution >= 4 is 5.96 Å². The molecule has 6 nitrogen and oxygen atoms in total. The van der Waals surface area contributed by atoms with E-state index in [0.29, 0.717) is 12.5 Å². The van der Waals surface area contributed by atoms with E-state index in [1.807, 2.05) is 6.07 Å². The highest BCUT2D eigenvalue weighted by Gasteiger charge is 2.33. The molecule has 1 aliphatic rings. The molecular weight excluding hydrogens is 256 g/mol. The molecule has 6 heteroatoms. The Balaban J connectivity index is 1.78. The van der Waals surface area contributed by atoms with Crippen LogP contribution in [-0.2, 0) is 11.3 Å². The van der Waals surface area contributed by atoms with Gasteiger partial charge < -0.3 is 19.9 Å². The quantitative estimate of drug-likeness (QED) is 0.632. The van der Waals surface area contributed by atoms with Crippen LogP contribution in [0.5, 0.6) is 0 Å². The summed E-state index contributed by atoms with van der Waals surface area (Å²) in [5.41, 5.74) is 1.19. The third-order valence-electron chi connectivity index (χ3n) is 3.41. The van der Waals surface area contributed by atoms with E-state index in [1.165, 1.54) is 0 Å². The molecule has 2 N–H and O–H groups in total. The van der Waals surface area contributed by atoms with Crippen molar-refractivity contribution in [2.45, 2.75) is 33.2 Å². The minimum Gasteiger partial charge on any atom is -0.380 e. The van der Waals surface area contributed by atoms with Gasteiger partial charge in [-0.1, -0.05) is 25.9 Å². The Hall–Kier alpha value is -1.56. The number of guanidine groups is 1. The average molecular weight is 280 g/mol. The van der Waals surface area contributed by atoms with Crippen LogP contribution < -0.4 is 10.6 Å². The van der Waals surface area contributed by atoms with Crippen molar-refractivity contribution < 1.29 is 9.26 Å². The first-order chi connectivity index (χ1) is 9.52. The van der Waals surface area contributed by atoms with Gasteiger partial charge in [-0.15, -0.1) is 0 Å². The van der Waals surface area contributed by atoms with Gasteiger partial charge in [0.05, 0.1) is 25.5 Å². The SMILES string of the molecule is CN=C(NCc1cc(C(C)C)no1)NCC1(C)COC1. The van der Waals surface area contributed by atoms with Crippen molar-refractivity contribution in [3.05, 3.63) is 17.5 Å². The van der Waals surface area contributed by atoms with Crippen molar-refractivity contribution in [3.8, 4) is 0 Å². The zero-order chi connectivity index (χ0) is 14.6. The first-order valence-corrected chi connectivity index (χ1v) is 7.00. The molecule has 0 amide bonds. The van der Waals surface area contributed by atoms with Crippen LogP contribution in [0, 0.1) is 5.41 Å². The molecule has 0 unspecified atom stereocenters. The molecule has 1 fully saturated rings. The minimum absolute atomic E-state index is 0.217. The highest BCUT2D eigenvalue weighted by atomic mass is 16.5. The van der Waals surface area contributed by atoms with Crippen LogP contribution >= 0.6 is 0 Å². The fourth-order valence-electron chi connectivity index (χ4n) is 1.93. The fourth-order valence-corrected chi connectivity index (χ4v) is 1.93. The van der Waals surface area contributed by atoms with E-state index in [2.05, 4.69) is 41.6 Å². The van der Waals surface area contributed by atoms with Gasteiger partial charge >= 0.3 is 0 Å². The number of nitrogens with zero attached hydrogens (tertiary/aromatic N) is 2. The van der Waals surface area contributed by atoms with E-state index in [-0.39, 0.29) is 5.41 Å². The molecule has 2 heterocycles. The maximum absolute atomic E-state index is 5.28. The summed E-state index contributed by atoms with van der Waals surface area (Å²) in [7, 11) is 1.76. The summed E-state index contributed by atoms with van der Waals surface area (Å²) in [6, 6.07) is 1.98. The van der Waals surface area contributed by atoms with E-state index in [4.69, 9.17) is 9.26 Å². The largest absolute Gasteiger partial charge is 0.380 e. The molecule has 1 aliphatic heterocycles. The van der Waals surface area contributed by atoms with Gasteiger partial charge in [0.25, 0.3) is 0 Å². The third kappa shape index (κ3) is 3.72. The smallest absolute Gasteiger partial charge is 0.191 e. The number of nitrogens with one attached hydrogen (secondary N) is 2. The normalized spacial score (nSPS) is 17.9. The van der Waals surface area contributed by atoms with Crippen LogP contribution in [0.3, 0.4) is 0 Å². The monoisotopic (exact) mass is 280 g/mol. The van der Waals surface area contributed by atoms with E-state index in [0.717, 1.165) is 37.2 Å². The zero-order valence-electron chi connectivity index (χ0n) is 12.7. The topological polar surface area (TPSA) is 71.7 Å². The molecule has 0 aliphatic carbocycles. The summed E-state index contributed by atoms with van der Waals surface area (Å²) in [5, 5.41) is 10.6. The maximum Gasteiger partial charge on any atom is 0.191 e. The summed E-state index contributed by atoms with van der Waals surface area (Å²) in [6.07, 6.45) is 0. The molecule has 0 bridgehead atoms. The minimum atomic E-state index is 0.217. The first kappa shape index (κ1) is 14.8. The molecule has 2 rings (SSSR count). The second-order valence-electron chi connectivity index (χ2n) is 5.96. The number of ether oxygens (including phenoxy) is 1. The number of rotatable bonds is 5. The van der Waals surface area contributed by atoms with Crippen molar-refractivity contribution in [2.75, 3.05) is 26.8 Å². The molecule has 112 valence electrons. The highest BCUT2D eigenvalue weighted by molar-refractivity contribution is 5.79. The Bertz CT molecular complexity index is 463. The van der Waals surface area contributed by atoms with Crippen LogP contribution in [0.4, 0.5) is 0 Å². The lowest BCUT2D eigenvalue weighted by molar-refractivity contribution is -0.0971. The van der Waals surface area contributed by atoms with Crippen molar-refractivity contribution in [1.82, 2.24) is 15.8 Å². The summed E-state index contributed by atoms with van der Waals surface area (Å²) >= 11 is 0. The van der Waals surface area contributed by atoms with Gasteiger partial charge in [-0.2, -0.15) is 0 Å². The van der Waals surface area contributed by atoms with Crippen LogP contribution in [0.15, 0.2) is 15.6 Å². The average Bonchev–Trinajstić information content (AvgIpc) is 2.86. The number of hydrogen-bond acceptors (Lipinski definition) is 4. The lowest BCUT2D eigenvalue weighted by Crippen LogP contribution is -2.50. The Morgan fingerprint density at radius 2 is 2.20 bits per heavy atom. The van der Waals surface area contributed by atoms with Crippen molar-refractivity contribution in [2.24, 2.45) is 10.4 Å².